The van der Waals surface area contributed by atoms with Crippen molar-refractivity contribution >= 4 is 5.91 Å². The van der Waals surface area contributed by atoms with Crippen molar-refractivity contribution in [3.63, 3.8) is 0 Å². The fourth-order valence-corrected chi connectivity index (χ4v) is 3.71. The van der Waals surface area contributed by atoms with Crippen LogP contribution in [0.2, 0.25) is 0 Å². The Balaban J connectivity index is 1.31. The molecule has 2 aliphatic rings. The zero-order valence-electron chi connectivity index (χ0n) is 15.3. The molecule has 0 saturated carbocycles. The van der Waals surface area contributed by atoms with E-state index in [1.807, 2.05) is 12.1 Å². The number of benzene rings is 1. The van der Waals surface area contributed by atoms with Crippen LogP contribution in [0.5, 0.6) is 0 Å². The van der Waals surface area contributed by atoms with E-state index in [1.54, 1.807) is 6.07 Å². The first-order valence-corrected chi connectivity index (χ1v) is 9.52. The summed E-state index contributed by atoms with van der Waals surface area (Å²) in [7, 11) is 0. The van der Waals surface area contributed by atoms with Crippen LogP contribution in [0.1, 0.15) is 46.3 Å². The zero-order valence-corrected chi connectivity index (χ0v) is 15.3. The van der Waals surface area contributed by atoms with Gasteiger partial charge < -0.3 is 19.7 Å². The molecule has 0 unspecified atom stereocenters. The van der Waals surface area contributed by atoms with E-state index in [0.29, 0.717) is 25.5 Å². The number of hydrogen-bond donors (Lipinski definition) is 2. The maximum Gasteiger partial charge on any atom is 0.273 e. The van der Waals surface area contributed by atoms with Gasteiger partial charge in [-0.3, -0.25) is 9.69 Å². The predicted molar refractivity (Wildman–Crippen MR) is 98.2 cm³/mol. The molecule has 1 amide bonds. The van der Waals surface area contributed by atoms with E-state index in [0.717, 1.165) is 37.9 Å². The molecule has 2 aromatic rings. The SMILES string of the molecule is O=C(NC[C@@H]1OCCc2ccccc21)c1cc(CN2CCC(O)CC2)on1. The molecule has 0 bridgehead atoms. The van der Waals surface area contributed by atoms with Gasteiger partial charge in [0.2, 0.25) is 0 Å². The molecule has 1 fully saturated rings. The van der Waals surface area contributed by atoms with E-state index in [9.17, 15) is 9.90 Å². The highest BCUT2D eigenvalue weighted by Gasteiger charge is 2.23. The maximum absolute atomic E-state index is 12.4. The minimum atomic E-state index is -0.259. The summed E-state index contributed by atoms with van der Waals surface area (Å²) in [6.45, 7) is 3.31. The molecule has 1 aromatic carbocycles. The van der Waals surface area contributed by atoms with E-state index in [4.69, 9.17) is 9.26 Å². The van der Waals surface area contributed by atoms with Gasteiger partial charge in [0.15, 0.2) is 11.5 Å². The third-order valence-corrected chi connectivity index (χ3v) is 5.27. The fourth-order valence-electron chi connectivity index (χ4n) is 3.71. The molecular formula is C20H25N3O4. The van der Waals surface area contributed by atoms with Gasteiger partial charge in [-0.15, -0.1) is 0 Å². The van der Waals surface area contributed by atoms with Gasteiger partial charge in [-0.1, -0.05) is 29.4 Å². The molecule has 27 heavy (non-hydrogen) atoms. The number of nitrogens with zero attached hydrogens (tertiary/aromatic N) is 2. The van der Waals surface area contributed by atoms with Crippen LogP contribution in [-0.2, 0) is 17.7 Å². The van der Waals surface area contributed by atoms with Crippen LogP contribution in [0, 0.1) is 0 Å². The molecule has 2 aliphatic heterocycles. The Morgan fingerprint density at radius 3 is 2.96 bits per heavy atom. The van der Waals surface area contributed by atoms with Crippen LogP contribution in [0.4, 0.5) is 0 Å². The minimum absolute atomic E-state index is 0.134. The molecule has 4 rings (SSSR count). The number of carbonyl (C=O) groups excluding carboxylic acids is 1. The van der Waals surface area contributed by atoms with Crippen LogP contribution in [0.15, 0.2) is 34.9 Å². The van der Waals surface area contributed by atoms with Crippen molar-refractivity contribution < 1.29 is 19.2 Å². The van der Waals surface area contributed by atoms with E-state index < -0.39 is 0 Å². The standard InChI is InChI=1S/C20H25N3O4/c24-15-5-8-23(9-6-15)13-16-11-18(22-27-16)20(25)21-12-19-17-4-2-1-3-14(17)7-10-26-19/h1-4,11,15,19,24H,5-10,12-13H2,(H,21,25)/t19-/m0/s1. The topological polar surface area (TPSA) is 87.8 Å². The van der Waals surface area contributed by atoms with Gasteiger partial charge >= 0.3 is 0 Å². The van der Waals surface area contributed by atoms with Gasteiger partial charge in [-0.05, 0) is 30.4 Å². The van der Waals surface area contributed by atoms with E-state index in [1.165, 1.54) is 5.56 Å². The summed E-state index contributed by atoms with van der Waals surface area (Å²) >= 11 is 0. The second-order valence-electron chi connectivity index (χ2n) is 7.20. The van der Waals surface area contributed by atoms with Crippen molar-refractivity contribution in [2.45, 2.75) is 38.0 Å². The largest absolute Gasteiger partial charge is 0.393 e. The number of aromatic nitrogens is 1. The average Bonchev–Trinajstić information content (AvgIpc) is 3.16. The summed E-state index contributed by atoms with van der Waals surface area (Å²) in [5.41, 5.74) is 2.70. The Hall–Kier alpha value is -2.22. The normalized spacial score (nSPS) is 21.0. The second kappa shape index (κ2) is 8.21. The molecule has 3 heterocycles. The molecule has 1 aromatic heterocycles. The van der Waals surface area contributed by atoms with Gasteiger partial charge in [0.05, 0.1) is 19.3 Å². The number of aliphatic hydroxyl groups excluding tert-OH is 1. The average molecular weight is 371 g/mol. The van der Waals surface area contributed by atoms with Crippen molar-refractivity contribution in [3.05, 3.63) is 52.9 Å². The lowest BCUT2D eigenvalue weighted by molar-refractivity contribution is 0.0410. The minimum Gasteiger partial charge on any atom is -0.393 e. The number of carbonyl (C=O) groups is 1. The summed E-state index contributed by atoms with van der Waals surface area (Å²) in [6.07, 6.45) is 2.10. The molecule has 7 heteroatoms. The van der Waals surface area contributed by atoms with Gasteiger partial charge in [0, 0.05) is 25.7 Å². The number of nitrogens with one attached hydrogen (secondary N) is 1. The molecule has 0 radical (unpaired) electrons. The van der Waals surface area contributed by atoms with Crippen LogP contribution in [0.25, 0.3) is 0 Å². The van der Waals surface area contributed by atoms with Crippen LogP contribution < -0.4 is 5.32 Å². The number of piperidine rings is 1. The highest BCUT2D eigenvalue weighted by molar-refractivity contribution is 5.92. The molecular weight excluding hydrogens is 346 g/mol. The van der Waals surface area contributed by atoms with Crippen LogP contribution >= 0.6 is 0 Å². The summed E-state index contributed by atoms with van der Waals surface area (Å²) < 4.78 is 11.1. The van der Waals surface area contributed by atoms with Gasteiger partial charge in [0.1, 0.15) is 6.10 Å². The van der Waals surface area contributed by atoms with Crippen molar-refractivity contribution in [3.8, 4) is 0 Å². The lowest BCUT2D eigenvalue weighted by atomic mass is 9.97. The zero-order chi connectivity index (χ0) is 18.6. The number of likely N-dealkylation sites (tertiary alicyclic amines) is 1. The number of hydrogen-bond acceptors (Lipinski definition) is 6. The molecule has 7 nitrogen and oxygen atoms in total. The summed E-state index contributed by atoms with van der Waals surface area (Å²) in [4.78, 5) is 14.6. The number of ether oxygens (including phenoxy) is 1. The smallest absolute Gasteiger partial charge is 0.273 e. The van der Waals surface area contributed by atoms with E-state index in [2.05, 4.69) is 27.5 Å². The van der Waals surface area contributed by atoms with Crippen LogP contribution in [-0.4, -0.2) is 53.4 Å². The highest BCUT2D eigenvalue weighted by atomic mass is 16.5. The van der Waals surface area contributed by atoms with E-state index in [-0.39, 0.29) is 23.8 Å². The lowest BCUT2D eigenvalue weighted by Crippen LogP contribution is -2.35. The second-order valence-corrected chi connectivity index (χ2v) is 7.20. The Labute approximate surface area is 158 Å². The summed E-state index contributed by atoms with van der Waals surface area (Å²) in [6, 6.07) is 9.87. The summed E-state index contributed by atoms with van der Waals surface area (Å²) in [5.74, 6) is 0.404. The predicted octanol–water partition coefficient (Wildman–Crippen LogP) is 1.68. The molecule has 1 atom stereocenters. The van der Waals surface area contributed by atoms with Gasteiger partial charge in [-0.2, -0.15) is 0 Å². The van der Waals surface area contributed by atoms with Gasteiger partial charge in [0.25, 0.3) is 5.91 Å². The van der Waals surface area contributed by atoms with Crippen molar-refractivity contribution in [1.29, 1.82) is 0 Å². The Morgan fingerprint density at radius 2 is 2.11 bits per heavy atom. The number of rotatable bonds is 5. The van der Waals surface area contributed by atoms with Gasteiger partial charge in [-0.25, -0.2) is 0 Å². The van der Waals surface area contributed by atoms with Crippen molar-refractivity contribution in [2.75, 3.05) is 26.2 Å². The van der Waals surface area contributed by atoms with Crippen LogP contribution in [0.3, 0.4) is 0 Å². The number of fused-ring (bicyclic) bond motifs is 1. The lowest BCUT2D eigenvalue weighted by Gasteiger charge is -2.28. The maximum atomic E-state index is 12.4. The quantitative estimate of drug-likeness (QED) is 0.831. The molecule has 2 N–H and O–H groups in total. The fraction of sp³-hybridized carbons (Fsp3) is 0.500. The van der Waals surface area contributed by atoms with Crippen molar-refractivity contribution in [2.24, 2.45) is 0 Å². The Morgan fingerprint density at radius 1 is 1.30 bits per heavy atom. The van der Waals surface area contributed by atoms with Crippen molar-refractivity contribution in [1.82, 2.24) is 15.4 Å². The molecule has 0 spiro atoms. The molecule has 0 aliphatic carbocycles. The third kappa shape index (κ3) is 4.37. The Kier molecular flexibility index (Phi) is 5.52. The molecule has 144 valence electrons. The number of amides is 1. The molecule has 1 saturated heterocycles. The monoisotopic (exact) mass is 371 g/mol. The Bertz CT molecular complexity index is 783. The third-order valence-electron chi connectivity index (χ3n) is 5.27. The number of aliphatic hydroxyl groups is 1. The summed E-state index contributed by atoms with van der Waals surface area (Å²) in [5, 5.41) is 16.4. The highest BCUT2D eigenvalue weighted by Crippen LogP contribution is 2.26. The first kappa shape index (κ1) is 18.2. The first-order chi connectivity index (χ1) is 13.2. The first-order valence-electron chi connectivity index (χ1n) is 9.52. The van der Waals surface area contributed by atoms with E-state index >= 15 is 0 Å².